The van der Waals surface area contributed by atoms with E-state index < -0.39 is 0 Å². The second-order valence-corrected chi connectivity index (χ2v) is 6.83. The minimum Gasteiger partial charge on any atom is -0.486 e. The number of urea groups is 1. The molecule has 0 bridgehead atoms. The summed E-state index contributed by atoms with van der Waals surface area (Å²) in [4.78, 5) is 14.0. The molecule has 1 fully saturated rings. The summed E-state index contributed by atoms with van der Waals surface area (Å²) in [6, 6.07) is 13.9. The fourth-order valence-electron chi connectivity index (χ4n) is 3.24. The van der Waals surface area contributed by atoms with Crippen LogP contribution in [0, 0.1) is 5.82 Å². The molecule has 136 valence electrons. The number of para-hydroxylation sites is 2. The van der Waals surface area contributed by atoms with Crippen molar-refractivity contribution in [2.24, 2.45) is 0 Å². The fourth-order valence-corrected chi connectivity index (χ4v) is 3.24. The van der Waals surface area contributed by atoms with Gasteiger partial charge in [-0.3, -0.25) is 0 Å². The molecule has 0 unspecified atom stereocenters. The number of ether oxygens (including phenoxy) is 2. The molecule has 2 aliphatic rings. The SMILES string of the molecule is CN(C[C@@H]1COc2ccccc2O1)C(=O)N[C@H]1C[C@@H]1c1ccc(F)cc1. The van der Waals surface area contributed by atoms with E-state index in [1.54, 1.807) is 24.1 Å². The Kier molecular flexibility index (Phi) is 4.41. The summed E-state index contributed by atoms with van der Waals surface area (Å²) in [6.07, 6.45) is 0.675. The zero-order valence-corrected chi connectivity index (χ0v) is 14.5. The summed E-state index contributed by atoms with van der Waals surface area (Å²) in [6.45, 7) is 0.852. The predicted octanol–water partition coefficient (Wildman–Crippen LogP) is 3.16. The molecule has 2 aromatic rings. The van der Waals surface area contributed by atoms with Crippen molar-refractivity contribution in [3.63, 3.8) is 0 Å². The molecule has 6 heteroatoms. The zero-order valence-electron chi connectivity index (χ0n) is 14.5. The summed E-state index contributed by atoms with van der Waals surface area (Å²) in [5.74, 6) is 1.45. The Labute approximate surface area is 151 Å². The first-order chi connectivity index (χ1) is 12.6. The second-order valence-electron chi connectivity index (χ2n) is 6.83. The quantitative estimate of drug-likeness (QED) is 0.916. The van der Waals surface area contributed by atoms with E-state index in [4.69, 9.17) is 9.47 Å². The van der Waals surface area contributed by atoms with E-state index in [0.717, 1.165) is 17.7 Å². The summed E-state index contributed by atoms with van der Waals surface area (Å²) in [5, 5.41) is 3.02. The van der Waals surface area contributed by atoms with Crippen LogP contribution in [0.15, 0.2) is 48.5 Å². The van der Waals surface area contributed by atoms with E-state index in [2.05, 4.69) is 5.32 Å². The first-order valence-corrected chi connectivity index (χ1v) is 8.76. The molecule has 2 aromatic carbocycles. The molecule has 1 heterocycles. The van der Waals surface area contributed by atoms with Crippen LogP contribution >= 0.6 is 0 Å². The van der Waals surface area contributed by atoms with Crippen LogP contribution in [0.4, 0.5) is 9.18 Å². The minimum absolute atomic E-state index is 0.0969. The van der Waals surface area contributed by atoms with Crippen LogP contribution in [0.1, 0.15) is 17.9 Å². The topological polar surface area (TPSA) is 50.8 Å². The number of carbonyl (C=O) groups is 1. The molecule has 1 aliphatic heterocycles. The summed E-state index contributed by atoms with van der Waals surface area (Å²) >= 11 is 0. The zero-order chi connectivity index (χ0) is 18.1. The van der Waals surface area contributed by atoms with Crippen molar-refractivity contribution < 1.29 is 18.7 Å². The highest BCUT2D eigenvalue weighted by molar-refractivity contribution is 5.75. The van der Waals surface area contributed by atoms with E-state index in [0.29, 0.717) is 18.9 Å². The lowest BCUT2D eigenvalue weighted by Gasteiger charge is -2.29. The van der Waals surface area contributed by atoms with Gasteiger partial charge in [0.1, 0.15) is 12.4 Å². The Hall–Kier alpha value is -2.76. The summed E-state index contributed by atoms with van der Waals surface area (Å²) < 4.78 is 24.6. The second kappa shape index (κ2) is 6.86. The maximum atomic E-state index is 13.0. The number of hydrogen-bond donors (Lipinski definition) is 1. The molecule has 5 nitrogen and oxygen atoms in total. The lowest BCUT2D eigenvalue weighted by molar-refractivity contribution is 0.0715. The van der Waals surface area contributed by atoms with Crippen molar-refractivity contribution in [2.75, 3.05) is 20.2 Å². The Morgan fingerprint density at radius 2 is 1.92 bits per heavy atom. The van der Waals surface area contributed by atoms with Crippen LogP contribution in [-0.4, -0.2) is 43.3 Å². The van der Waals surface area contributed by atoms with Gasteiger partial charge in [0.05, 0.1) is 6.54 Å². The Balaban J connectivity index is 1.27. The van der Waals surface area contributed by atoms with Crippen molar-refractivity contribution >= 4 is 6.03 Å². The molecule has 2 amide bonds. The van der Waals surface area contributed by atoms with Crippen molar-refractivity contribution in [3.05, 3.63) is 59.9 Å². The van der Waals surface area contributed by atoms with Crippen LogP contribution in [0.3, 0.4) is 0 Å². The minimum atomic E-state index is -0.244. The van der Waals surface area contributed by atoms with E-state index in [1.807, 2.05) is 24.3 Å². The monoisotopic (exact) mass is 356 g/mol. The van der Waals surface area contributed by atoms with E-state index in [-0.39, 0.29) is 29.9 Å². The van der Waals surface area contributed by atoms with Gasteiger partial charge >= 0.3 is 6.03 Å². The van der Waals surface area contributed by atoms with Gasteiger partial charge in [0, 0.05) is 19.0 Å². The van der Waals surface area contributed by atoms with E-state index >= 15 is 0 Å². The molecular formula is C20H21FN2O3. The maximum absolute atomic E-state index is 13.0. The average molecular weight is 356 g/mol. The predicted molar refractivity (Wildman–Crippen MR) is 95.1 cm³/mol. The third-order valence-corrected chi connectivity index (χ3v) is 4.79. The van der Waals surface area contributed by atoms with Crippen LogP contribution in [0.25, 0.3) is 0 Å². The van der Waals surface area contributed by atoms with Gasteiger partial charge in [-0.1, -0.05) is 24.3 Å². The number of likely N-dealkylation sites (N-methyl/N-ethyl adjacent to an activating group) is 1. The van der Waals surface area contributed by atoms with Gasteiger partial charge in [-0.25, -0.2) is 9.18 Å². The highest BCUT2D eigenvalue weighted by Gasteiger charge is 2.40. The van der Waals surface area contributed by atoms with E-state index in [9.17, 15) is 9.18 Å². The number of rotatable bonds is 4. The molecular weight excluding hydrogens is 335 g/mol. The van der Waals surface area contributed by atoms with Crippen molar-refractivity contribution in [1.82, 2.24) is 10.2 Å². The number of benzene rings is 2. The van der Waals surface area contributed by atoms with Crippen molar-refractivity contribution in [3.8, 4) is 11.5 Å². The number of carbonyl (C=O) groups excluding carboxylic acids is 1. The number of hydrogen-bond acceptors (Lipinski definition) is 3. The highest BCUT2D eigenvalue weighted by atomic mass is 19.1. The highest BCUT2D eigenvalue weighted by Crippen LogP contribution is 2.40. The molecule has 0 saturated heterocycles. The van der Waals surface area contributed by atoms with Gasteiger partial charge in [-0.2, -0.15) is 0 Å². The fraction of sp³-hybridized carbons (Fsp3) is 0.350. The van der Waals surface area contributed by atoms with E-state index in [1.165, 1.54) is 12.1 Å². The maximum Gasteiger partial charge on any atom is 0.317 e. The standard InChI is InChI=1S/C20H21FN2O3/c1-23(11-15-12-25-18-4-2-3-5-19(18)26-15)20(24)22-17-10-16(17)13-6-8-14(21)9-7-13/h2-9,15-17H,10-12H2,1H3,(H,22,24)/t15-,16-,17+/m1/s1. The molecule has 0 aromatic heterocycles. The number of amides is 2. The van der Waals surface area contributed by atoms with Gasteiger partial charge in [0.25, 0.3) is 0 Å². The van der Waals surface area contributed by atoms with Crippen LogP contribution in [-0.2, 0) is 0 Å². The van der Waals surface area contributed by atoms with Crippen molar-refractivity contribution in [1.29, 1.82) is 0 Å². The largest absolute Gasteiger partial charge is 0.486 e. The Morgan fingerprint density at radius 3 is 2.69 bits per heavy atom. The van der Waals surface area contributed by atoms with Gasteiger partial charge in [0.15, 0.2) is 17.6 Å². The molecule has 1 N–H and O–H groups in total. The smallest absolute Gasteiger partial charge is 0.317 e. The molecule has 3 atom stereocenters. The van der Waals surface area contributed by atoms with Crippen LogP contribution in [0.2, 0.25) is 0 Å². The molecule has 26 heavy (non-hydrogen) atoms. The third-order valence-electron chi connectivity index (χ3n) is 4.79. The molecule has 0 spiro atoms. The first kappa shape index (κ1) is 16.7. The molecule has 1 aliphatic carbocycles. The summed E-state index contributed by atoms with van der Waals surface area (Å²) in [5.41, 5.74) is 1.06. The number of fused-ring (bicyclic) bond motifs is 1. The summed E-state index contributed by atoms with van der Waals surface area (Å²) in [7, 11) is 1.74. The first-order valence-electron chi connectivity index (χ1n) is 8.76. The molecule has 1 saturated carbocycles. The number of halogens is 1. The van der Waals surface area contributed by atoms with Gasteiger partial charge in [-0.05, 0) is 36.2 Å². The molecule has 4 rings (SSSR count). The van der Waals surface area contributed by atoms with Gasteiger partial charge in [0.2, 0.25) is 0 Å². The normalized spacial score (nSPS) is 23.2. The number of nitrogens with zero attached hydrogens (tertiary/aromatic N) is 1. The third kappa shape index (κ3) is 3.59. The van der Waals surface area contributed by atoms with Gasteiger partial charge < -0.3 is 19.7 Å². The van der Waals surface area contributed by atoms with Crippen LogP contribution < -0.4 is 14.8 Å². The van der Waals surface area contributed by atoms with Gasteiger partial charge in [-0.15, -0.1) is 0 Å². The van der Waals surface area contributed by atoms with Crippen LogP contribution in [0.5, 0.6) is 11.5 Å². The Morgan fingerprint density at radius 1 is 1.19 bits per heavy atom. The lowest BCUT2D eigenvalue weighted by atomic mass is 10.1. The Bertz CT molecular complexity index is 796. The average Bonchev–Trinajstić information content (AvgIpc) is 3.41. The molecule has 0 radical (unpaired) electrons. The lowest BCUT2D eigenvalue weighted by Crippen LogP contribution is -2.46. The number of nitrogens with one attached hydrogen (secondary N) is 1. The van der Waals surface area contributed by atoms with Crippen molar-refractivity contribution in [2.45, 2.75) is 24.5 Å².